The highest BCUT2D eigenvalue weighted by atomic mass is 32.2. The molecular formula is C26H17F6N2O10S2+. The van der Waals surface area contributed by atoms with Gasteiger partial charge >= 0.3 is 38.8 Å². The first-order valence-electron chi connectivity index (χ1n) is 13.0. The highest BCUT2D eigenvalue weighted by molar-refractivity contribution is 7.87. The van der Waals surface area contributed by atoms with Crippen molar-refractivity contribution in [1.82, 2.24) is 5.06 Å². The smallest absolute Gasteiger partial charge is 0.298 e. The third kappa shape index (κ3) is 4.76. The number of hydrogen-bond acceptors (Lipinski definition) is 10. The first kappa shape index (κ1) is 32.0. The van der Waals surface area contributed by atoms with E-state index in [1.54, 1.807) is 0 Å². The maximum absolute atomic E-state index is 13.6. The lowest BCUT2D eigenvalue weighted by molar-refractivity contribution is -0.624. The highest BCUT2D eigenvalue weighted by Crippen LogP contribution is 2.55. The van der Waals surface area contributed by atoms with Gasteiger partial charge in [0, 0.05) is 15.6 Å². The predicted molar refractivity (Wildman–Crippen MR) is 134 cm³/mol. The van der Waals surface area contributed by atoms with Gasteiger partial charge in [0.2, 0.25) is 6.04 Å². The SMILES string of the molecule is O=C1C2C=CC3C(C4C(=O)N(OS(=O)(=O)c5ccccc5C(F)(F)F)C(=O)C24)C1C(OS(=O)(=O)c1ccccc1C(F)(F)F)[N+]3=O. The van der Waals surface area contributed by atoms with Gasteiger partial charge < -0.3 is 0 Å². The van der Waals surface area contributed by atoms with Crippen LogP contribution in [0.1, 0.15) is 11.1 Å². The largest absolute Gasteiger partial charge is 0.417 e. The molecular weight excluding hydrogens is 678 g/mol. The van der Waals surface area contributed by atoms with E-state index in [4.69, 9.17) is 4.18 Å². The number of nitrogens with zero attached hydrogens (tertiary/aromatic N) is 2. The zero-order valence-corrected chi connectivity index (χ0v) is 24.0. The fraction of sp³-hybridized carbons (Fsp3) is 0.346. The van der Waals surface area contributed by atoms with Crippen molar-refractivity contribution < 1.29 is 70.8 Å². The third-order valence-electron chi connectivity index (χ3n) is 8.31. The van der Waals surface area contributed by atoms with E-state index in [1.165, 1.54) is 0 Å². The van der Waals surface area contributed by atoms with Crippen LogP contribution in [0.2, 0.25) is 0 Å². The van der Waals surface area contributed by atoms with Gasteiger partial charge in [0.05, 0.1) is 28.9 Å². The summed E-state index contributed by atoms with van der Waals surface area (Å²) >= 11 is 0. The molecule has 2 saturated heterocycles. The van der Waals surface area contributed by atoms with E-state index in [9.17, 15) is 62.5 Å². The number of hydrogen-bond donors (Lipinski definition) is 0. The number of imide groups is 1. The number of allylic oxidation sites excluding steroid dienone is 1. The van der Waals surface area contributed by atoms with Gasteiger partial charge in [-0.25, -0.2) is 0 Å². The van der Waals surface area contributed by atoms with E-state index in [2.05, 4.69) is 4.28 Å². The molecule has 20 heteroatoms. The number of alkyl halides is 6. The number of benzene rings is 2. The third-order valence-corrected chi connectivity index (χ3v) is 10.9. The van der Waals surface area contributed by atoms with Gasteiger partial charge in [0.15, 0.2) is 5.78 Å². The second-order valence-electron chi connectivity index (χ2n) is 10.7. The summed E-state index contributed by atoms with van der Waals surface area (Å²) in [5.74, 6) is -12.3. The van der Waals surface area contributed by atoms with Crippen molar-refractivity contribution >= 4 is 37.8 Å². The molecule has 7 atom stereocenters. The molecule has 12 nitrogen and oxygen atoms in total. The quantitative estimate of drug-likeness (QED) is 0.145. The normalized spacial score (nSPS) is 29.4. The van der Waals surface area contributed by atoms with Gasteiger partial charge in [-0.3, -0.25) is 14.4 Å². The lowest BCUT2D eigenvalue weighted by atomic mass is 9.63. The number of Topliss-reactive ketones (excluding diaryl/α,β-unsaturated/α-hetero) is 1. The standard InChI is InChI=1S/C26H17F6N2O10S2/c27-25(28,29)12-5-1-3-7-15(12)45(39,40)43-24-20-18-14(33(24)38)10-9-11(21(20)35)17-19(18)23(37)34(22(17)36)44-46(41,42)16-8-4-2-6-13(16)26(30,31)32/h1-11,14,17-20,24H/q+1. The van der Waals surface area contributed by atoms with Crippen molar-refractivity contribution in [2.24, 2.45) is 29.6 Å². The molecule has 4 bridgehead atoms. The number of amides is 2. The van der Waals surface area contributed by atoms with Crippen molar-refractivity contribution in [3.8, 4) is 0 Å². The molecule has 1 saturated carbocycles. The van der Waals surface area contributed by atoms with E-state index in [0.29, 0.717) is 24.3 Å². The minimum atomic E-state index is -5.51. The summed E-state index contributed by atoms with van der Waals surface area (Å²) in [6.07, 6.45) is -10.5. The number of ketones is 1. The molecule has 2 aliphatic heterocycles. The fourth-order valence-corrected chi connectivity index (χ4v) is 8.92. The molecule has 0 aromatic heterocycles. The second kappa shape index (κ2) is 10.2. The van der Waals surface area contributed by atoms with E-state index in [0.717, 1.165) is 36.4 Å². The van der Waals surface area contributed by atoms with Crippen LogP contribution in [0.15, 0.2) is 70.5 Å². The van der Waals surface area contributed by atoms with Crippen molar-refractivity contribution in [1.29, 1.82) is 0 Å². The number of carbonyl (C=O) groups is 3. The number of carbonyl (C=O) groups excluding carboxylic acids is 3. The summed E-state index contributed by atoms with van der Waals surface area (Å²) in [7, 11) is -10.9. The molecule has 3 aliphatic carbocycles. The Morgan fingerprint density at radius 2 is 1.20 bits per heavy atom. The number of rotatable bonds is 6. The second-order valence-corrected chi connectivity index (χ2v) is 13.8. The number of nitroso groups, excluding NO2 is 1. The molecule has 5 aliphatic rings. The Morgan fingerprint density at radius 3 is 1.74 bits per heavy atom. The van der Waals surface area contributed by atoms with Crippen molar-refractivity contribution in [3.63, 3.8) is 0 Å². The molecule has 3 fully saturated rings. The van der Waals surface area contributed by atoms with Crippen molar-refractivity contribution in [2.45, 2.75) is 34.4 Å². The molecule has 244 valence electrons. The molecule has 0 N–H and O–H groups in total. The minimum Gasteiger partial charge on any atom is -0.298 e. The predicted octanol–water partition coefficient (Wildman–Crippen LogP) is 2.84. The summed E-state index contributed by atoms with van der Waals surface area (Å²) in [6, 6.07) is 4.05. The van der Waals surface area contributed by atoms with Gasteiger partial charge in [-0.1, -0.05) is 30.3 Å². The number of hydroxylamine groups is 2. The minimum absolute atomic E-state index is 0.0618. The molecule has 2 aromatic carbocycles. The molecule has 2 amide bonds. The first-order valence-corrected chi connectivity index (χ1v) is 15.8. The maximum atomic E-state index is 13.6. The molecule has 0 spiro atoms. The fourth-order valence-electron chi connectivity index (χ4n) is 6.53. The maximum Gasteiger partial charge on any atom is 0.417 e. The van der Waals surface area contributed by atoms with Gasteiger partial charge in [-0.2, -0.15) is 47.4 Å². The summed E-state index contributed by atoms with van der Waals surface area (Å²) in [4.78, 5) is 51.0. The monoisotopic (exact) mass is 695 g/mol. The van der Waals surface area contributed by atoms with Crippen LogP contribution in [0.4, 0.5) is 26.3 Å². The van der Waals surface area contributed by atoms with Crippen LogP contribution in [-0.4, -0.2) is 56.5 Å². The molecule has 7 rings (SSSR count). The first-order chi connectivity index (χ1) is 21.3. The highest BCUT2D eigenvalue weighted by Gasteiger charge is 2.75. The Kier molecular flexibility index (Phi) is 7.12. The van der Waals surface area contributed by atoms with Crippen LogP contribution < -0.4 is 0 Å². The summed E-state index contributed by atoms with van der Waals surface area (Å²) in [6.45, 7) is 0. The van der Waals surface area contributed by atoms with Gasteiger partial charge in [-0.15, -0.1) is 9.35 Å². The Balaban J connectivity index is 1.35. The van der Waals surface area contributed by atoms with Gasteiger partial charge in [0.25, 0.3) is 11.8 Å². The van der Waals surface area contributed by atoms with Crippen molar-refractivity contribution in [3.05, 3.63) is 76.7 Å². The van der Waals surface area contributed by atoms with Crippen LogP contribution in [0.25, 0.3) is 0 Å². The molecule has 7 unspecified atom stereocenters. The van der Waals surface area contributed by atoms with Gasteiger partial charge in [0.1, 0.15) is 15.7 Å². The van der Waals surface area contributed by atoms with Gasteiger partial charge in [-0.05, 0) is 30.3 Å². The van der Waals surface area contributed by atoms with E-state index >= 15 is 0 Å². The van der Waals surface area contributed by atoms with Crippen LogP contribution in [0.3, 0.4) is 0 Å². The molecule has 2 aromatic rings. The van der Waals surface area contributed by atoms with Crippen LogP contribution >= 0.6 is 0 Å². The average Bonchev–Trinajstić information content (AvgIpc) is 3.21. The van der Waals surface area contributed by atoms with Crippen LogP contribution in [-0.2, 0) is 55.4 Å². The summed E-state index contributed by atoms with van der Waals surface area (Å²) in [5, 5.41) is -0.309. The van der Waals surface area contributed by atoms with Crippen molar-refractivity contribution in [2.75, 3.05) is 0 Å². The Hall–Kier alpha value is -4.01. The number of halogens is 6. The summed E-state index contributed by atoms with van der Waals surface area (Å²) < 4.78 is 143. The summed E-state index contributed by atoms with van der Waals surface area (Å²) in [5.41, 5.74) is -3.30. The Bertz CT molecular complexity index is 1960. The lowest BCUT2D eigenvalue weighted by Gasteiger charge is -2.33. The van der Waals surface area contributed by atoms with Crippen LogP contribution in [0, 0.1) is 34.5 Å². The van der Waals surface area contributed by atoms with E-state index < -0.39 is 113 Å². The molecule has 0 radical (unpaired) electrons. The average molecular weight is 696 g/mol. The zero-order chi connectivity index (χ0) is 33.7. The lowest BCUT2D eigenvalue weighted by Crippen LogP contribution is -2.49. The Morgan fingerprint density at radius 1 is 0.696 bits per heavy atom. The zero-order valence-electron chi connectivity index (χ0n) is 22.4. The van der Waals surface area contributed by atoms with E-state index in [1.807, 2.05) is 0 Å². The Labute approximate surface area is 254 Å². The topological polar surface area (TPSA) is 161 Å². The van der Waals surface area contributed by atoms with E-state index in [-0.39, 0.29) is 9.82 Å². The van der Waals surface area contributed by atoms with Crippen LogP contribution in [0.5, 0.6) is 0 Å². The molecule has 2 heterocycles. The molecule has 46 heavy (non-hydrogen) atoms.